The Labute approximate surface area is 104 Å². The highest BCUT2D eigenvalue weighted by atomic mass is 16.7. The first-order valence-corrected chi connectivity index (χ1v) is 6.18. The molecule has 0 aliphatic carbocycles. The van der Waals surface area contributed by atoms with Crippen molar-refractivity contribution in [3.8, 4) is 0 Å². The molecular weight excluding hydrogens is 218 g/mol. The van der Waals surface area contributed by atoms with Crippen molar-refractivity contribution >= 4 is 5.91 Å². The molecule has 17 heavy (non-hydrogen) atoms. The van der Waals surface area contributed by atoms with Crippen molar-refractivity contribution in [3.05, 3.63) is 0 Å². The van der Waals surface area contributed by atoms with Gasteiger partial charge in [-0.1, -0.05) is 20.8 Å². The van der Waals surface area contributed by atoms with E-state index in [1.165, 1.54) is 0 Å². The van der Waals surface area contributed by atoms with Crippen molar-refractivity contribution in [2.45, 2.75) is 53.4 Å². The van der Waals surface area contributed by atoms with Gasteiger partial charge in [0, 0.05) is 12.0 Å². The molecule has 0 spiro atoms. The number of ether oxygens (including phenoxy) is 2. The number of amides is 1. The average Bonchev–Trinajstić information content (AvgIpc) is 2.12. The van der Waals surface area contributed by atoms with Crippen LogP contribution in [0, 0.1) is 5.41 Å². The number of nitrogens with zero attached hydrogens (tertiary/aromatic N) is 1. The fourth-order valence-corrected chi connectivity index (χ4v) is 1.74. The summed E-state index contributed by atoms with van der Waals surface area (Å²) in [7, 11) is 0. The first-order chi connectivity index (χ1) is 7.59. The molecule has 0 aromatic heterocycles. The van der Waals surface area contributed by atoms with Crippen molar-refractivity contribution in [1.82, 2.24) is 4.90 Å². The van der Waals surface area contributed by atoms with Gasteiger partial charge >= 0.3 is 0 Å². The number of hydrogen-bond acceptors (Lipinski definition) is 3. The molecule has 0 bridgehead atoms. The van der Waals surface area contributed by atoms with Gasteiger partial charge in [-0.2, -0.15) is 0 Å². The fraction of sp³-hybridized carbons (Fsp3) is 0.923. The van der Waals surface area contributed by atoms with E-state index in [9.17, 15) is 4.79 Å². The van der Waals surface area contributed by atoms with Gasteiger partial charge in [-0.25, -0.2) is 0 Å². The van der Waals surface area contributed by atoms with Gasteiger partial charge in [0.1, 0.15) is 0 Å². The zero-order valence-electron chi connectivity index (χ0n) is 11.9. The van der Waals surface area contributed by atoms with Crippen molar-refractivity contribution in [3.63, 3.8) is 0 Å². The minimum atomic E-state index is -0.344. The van der Waals surface area contributed by atoms with Crippen LogP contribution in [0.15, 0.2) is 0 Å². The summed E-state index contributed by atoms with van der Waals surface area (Å²) in [5.74, 6) is 0.156. The number of morpholine rings is 1. The highest BCUT2D eigenvalue weighted by Crippen LogP contribution is 2.21. The second-order valence-electron chi connectivity index (χ2n) is 6.53. The van der Waals surface area contributed by atoms with Crippen molar-refractivity contribution < 1.29 is 14.3 Å². The van der Waals surface area contributed by atoms with Gasteiger partial charge < -0.3 is 14.4 Å². The molecule has 0 unspecified atom stereocenters. The molecule has 1 atom stereocenters. The van der Waals surface area contributed by atoms with Gasteiger partial charge in [0.15, 0.2) is 6.29 Å². The number of rotatable bonds is 1. The molecule has 1 heterocycles. The maximum absolute atomic E-state index is 12.1. The standard InChI is InChI=1S/C13H25NO3/c1-12(2,3)11(15)14-7-8-16-10(9-14)17-13(4,5)6/h10H,7-9H2,1-6H3/t10-/m0/s1. The summed E-state index contributed by atoms with van der Waals surface area (Å²) in [5.41, 5.74) is -0.595. The number of carbonyl (C=O) groups is 1. The Kier molecular flexibility index (Phi) is 4.20. The molecule has 1 saturated heterocycles. The Morgan fingerprint density at radius 1 is 1.24 bits per heavy atom. The zero-order valence-corrected chi connectivity index (χ0v) is 11.9. The van der Waals surface area contributed by atoms with Gasteiger partial charge in [0.05, 0.1) is 18.8 Å². The molecule has 0 N–H and O–H groups in total. The molecular formula is C13H25NO3. The van der Waals surface area contributed by atoms with E-state index in [0.29, 0.717) is 19.7 Å². The van der Waals surface area contributed by atoms with Gasteiger partial charge in [-0.15, -0.1) is 0 Å². The van der Waals surface area contributed by atoms with E-state index in [4.69, 9.17) is 9.47 Å². The lowest BCUT2D eigenvalue weighted by Gasteiger charge is -2.38. The van der Waals surface area contributed by atoms with Crippen LogP contribution < -0.4 is 0 Å². The zero-order chi connectivity index (χ0) is 13.3. The van der Waals surface area contributed by atoms with Crippen LogP contribution >= 0.6 is 0 Å². The van der Waals surface area contributed by atoms with Crippen LogP contribution in [0.5, 0.6) is 0 Å². The Balaban J connectivity index is 2.58. The van der Waals surface area contributed by atoms with Crippen LogP contribution in [0.2, 0.25) is 0 Å². The molecule has 100 valence electrons. The molecule has 4 nitrogen and oxygen atoms in total. The quantitative estimate of drug-likeness (QED) is 0.707. The van der Waals surface area contributed by atoms with Gasteiger partial charge in [0.25, 0.3) is 0 Å². The van der Waals surface area contributed by atoms with E-state index in [0.717, 1.165) is 0 Å². The van der Waals surface area contributed by atoms with Crippen molar-refractivity contribution in [1.29, 1.82) is 0 Å². The molecule has 0 aromatic carbocycles. The van der Waals surface area contributed by atoms with E-state index >= 15 is 0 Å². The third-order valence-corrected chi connectivity index (χ3v) is 2.45. The Hall–Kier alpha value is -0.610. The van der Waals surface area contributed by atoms with Gasteiger partial charge in [0.2, 0.25) is 5.91 Å². The van der Waals surface area contributed by atoms with Crippen LogP contribution in [0.4, 0.5) is 0 Å². The minimum absolute atomic E-state index is 0.156. The summed E-state index contributed by atoms with van der Waals surface area (Å²) >= 11 is 0. The maximum atomic E-state index is 12.1. The van der Waals surface area contributed by atoms with Gasteiger partial charge in [-0.05, 0) is 20.8 Å². The lowest BCUT2D eigenvalue weighted by atomic mass is 9.94. The van der Waals surface area contributed by atoms with Crippen LogP contribution in [0.3, 0.4) is 0 Å². The summed E-state index contributed by atoms with van der Waals surface area (Å²) in [4.78, 5) is 14.0. The Bertz CT molecular complexity index is 275. The summed E-state index contributed by atoms with van der Waals surface area (Å²) in [6.45, 7) is 13.5. The van der Waals surface area contributed by atoms with Crippen LogP contribution in [0.25, 0.3) is 0 Å². The maximum Gasteiger partial charge on any atom is 0.228 e. The van der Waals surface area contributed by atoms with Crippen molar-refractivity contribution in [2.24, 2.45) is 5.41 Å². The molecule has 0 saturated carbocycles. The van der Waals surface area contributed by atoms with E-state index < -0.39 is 0 Å². The molecule has 1 fully saturated rings. The lowest BCUT2D eigenvalue weighted by molar-refractivity contribution is -0.223. The Morgan fingerprint density at radius 3 is 2.29 bits per heavy atom. The number of hydrogen-bond donors (Lipinski definition) is 0. The first-order valence-electron chi connectivity index (χ1n) is 6.18. The lowest BCUT2D eigenvalue weighted by Crippen LogP contribution is -2.51. The molecule has 0 radical (unpaired) electrons. The van der Waals surface area contributed by atoms with Crippen LogP contribution in [-0.4, -0.2) is 42.4 Å². The highest BCUT2D eigenvalue weighted by molar-refractivity contribution is 5.81. The third-order valence-electron chi connectivity index (χ3n) is 2.45. The Morgan fingerprint density at radius 2 is 1.82 bits per heavy atom. The van der Waals surface area contributed by atoms with Crippen LogP contribution in [0.1, 0.15) is 41.5 Å². The summed E-state index contributed by atoms with van der Waals surface area (Å²) in [6.07, 6.45) is -0.310. The summed E-state index contributed by atoms with van der Waals surface area (Å²) < 4.78 is 11.3. The highest BCUT2D eigenvalue weighted by Gasteiger charge is 2.33. The minimum Gasteiger partial charge on any atom is -0.349 e. The second-order valence-corrected chi connectivity index (χ2v) is 6.53. The monoisotopic (exact) mass is 243 g/mol. The predicted molar refractivity (Wildman–Crippen MR) is 66.6 cm³/mol. The van der Waals surface area contributed by atoms with E-state index in [1.54, 1.807) is 0 Å². The molecule has 4 heteroatoms. The predicted octanol–water partition coefficient (Wildman–Crippen LogP) is 2.03. The topological polar surface area (TPSA) is 38.8 Å². The summed E-state index contributed by atoms with van der Waals surface area (Å²) in [6, 6.07) is 0. The second kappa shape index (κ2) is 4.94. The third kappa shape index (κ3) is 4.64. The largest absolute Gasteiger partial charge is 0.349 e. The average molecular weight is 243 g/mol. The van der Waals surface area contributed by atoms with E-state index in [-0.39, 0.29) is 23.2 Å². The SMILES string of the molecule is CC(C)(C)O[C@H]1CN(C(=O)C(C)(C)C)CCO1. The fourth-order valence-electron chi connectivity index (χ4n) is 1.74. The molecule has 1 amide bonds. The molecule has 1 aliphatic rings. The first kappa shape index (κ1) is 14.5. The smallest absolute Gasteiger partial charge is 0.228 e. The van der Waals surface area contributed by atoms with E-state index in [2.05, 4.69) is 0 Å². The molecule has 1 aliphatic heterocycles. The number of carbonyl (C=O) groups excluding carboxylic acids is 1. The van der Waals surface area contributed by atoms with Crippen LogP contribution in [-0.2, 0) is 14.3 Å². The van der Waals surface area contributed by atoms with Crippen molar-refractivity contribution in [2.75, 3.05) is 19.7 Å². The summed E-state index contributed by atoms with van der Waals surface area (Å²) in [5, 5.41) is 0. The molecule has 0 aromatic rings. The molecule has 1 rings (SSSR count). The van der Waals surface area contributed by atoms with Gasteiger partial charge in [-0.3, -0.25) is 4.79 Å². The normalized spacial score (nSPS) is 22.7. The van der Waals surface area contributed by atoms with E-state index in [1.807, 2.05) is 46.4 Å².